The van der Waals surface area contributed by atoms with E-state index in [1.54, 1.807) is 6.92 Å². The van der Waals surface area contributed by atoms with Gasteiger partial charge in [0.1, 0.15) is 11.6 Å². The van der Waals surface area contributed by atoms with Crippen molar-refractivity contribution in [1.29, 1.82) is 0 Å². The summed E-state index contributed by atoms with van der Waals surface area (Å²) in [6.45, 7) is 2.13. The van der Waals surface area contributed by atoms with Gasteiger partial charge in [0.15, 0.2) is 0 Å². The second kappa shape index (κ2) is 6.69. The Kier molecular flexibility index (Phi) is 5.25. The average molecular weight is 270 g/mol. The van der Waals surface area contributed by atoms with Crippen molar-refractivity contribution in [2.24, 2.45) is 0 Å². The van der Waals surface area contributed by atoms with E-state index in [-0.39, 0.29) is 11.3 Å². The first-order valence-corrected chi connectivity index (χ1v) is 5.57. The molecule has 1 rings (SSSR count). The van der Waals surface area contributed by atoms with Gasteiger partial charge in [-0.2, -0.15) is 0 Å². The summed E-state index contributed by atoms with van der Waals surface area (Å²) in [6, 6.07) is 3.52. The van der Waals surface area contributed by atoms with E-state index in [9.17, 15) is 14.0 Å². The molecule has 0 aromatic heterocycles. The highest BCUT2D eigenvalue weighted by Crippen LogP contribution is 2.18. The van der Waals surface area contributed by atoms with Crippen molar-refractivity contribution in [3.8, 4) is 5.75 Å². The number of amides is 2. The Balaban J connectivity index is 2.85. The predicted octanol–water partition coefficient (Wildman–Crippen LogP) is 1.57. The minimum atomic E-state index is -0.796. The molecule has 0 spiro atoms. The Morgan fingerprint density at radius 3 is 2.63 bits per heavy atom. The fourth-order valence-corrected chi connectivity index (χ4v) is 1.27. The quantitative estimate of drug-likeness (QED) is 0.843. The summed E-state index contributed by atoms with van der Waals surface area (Å²) in [5.74, 6) is -1.42. The molecule has 0 radical (unpaired) electrons. The van der Waals surface area contributed by atoms with Gasteiger partial charge in [0.05, 0.1) is 12.7 Å². The second-order valence-electron chi connectivity index (χ2n) is 3.55. The minimum Gasteiger partial charge on any atom is -0.410 e. The van der Waals surface area contributed by atoms with Gasteiger partial charge >= 0.3 is 6.09 Å². The van der Waals surface area contributed by atoms with Crippen molar-refractivity contribution in [3.63, 3.8) is 0 Å². The lowest BCUT2D eigenvalue weighted by Crippen LogP contribution is -2.27. The SMILES string of the molecule is CCNC(=O)Oc1ccc(C(=O)N(C)OC)c(F)c1. The van der Waals surface area contributed by atoms with Crippen LogP contribution in [0, 0.1) is 5.82 Å². The standard InChI is InChI=1S/C12H15FN2O4/c1-4-14-12(17)19-8-5-6-9(10(13)7-8)11(16)15(2)18-3/h5-7H,4H2,1-3H3,(H,14,17). The van der Waals surface area contributed by atoms with Crippen LogP contribution in [-0.4, -0.2) is 37.8 Å². The molecule has 2 amide bonds. The minimum absolute atomic E-state index is 0.0140. The van der Waals surface area contributed by atoms with Crippen LogP contribution < -0.4 is 10.1 Å². The molecule has 7 heteroatoms. The Labute approximate surface area is 110 Å². The summed E-state index contributed by atoms with van der Waals surface area (Å²) in [6.07, 6.45) is -0.685. The molecule has 0 bridgehead atoms. The molecule has 0 aliphatic carbocycles. The maximum atomic E-state index is 13.7. The monoisotopic (exact) mass is 270 g/mol. The van der Waals surface area contributed by atoms with E-state index in [1.165, 1.54) is 26.3 Å². The molecule has 0 aliphatic heterocycles. The van der Waals surface area contributed by atoms with Gasteiger partial charge < -0.3 is 10.1 Å². The number of hydrogen-bond donors (Lipinski definition) is 1. The van der Waals surface area contributed by atoms with Crippen LogP contribution in [0.2, 0.25) is 0 Å². The van der Waals surface area contributed by atoms with Gasteiger partial charge in [-0.15, -0.1) is 0 Å². The maximum Gasteiger partial charge on any atom is 0.412 e. The molecular formula is C12H15FN2O4. The van der Waals surface area contributed by atoms with Gasteiger partial charge in [0.2, 0.25) is 0 Å². The summed E-state index contributed by atoms with van der Waals surface area (Å²) in [5, 5.41) is 3.29. The number of hydroxylamine groups is 2. The number of carbonyl (C=O) groups excluding carboxylic acids is 2. The number of nitrogens with zero attached hydrogens (tertiary/aromatic N) is 1. The van der Waals surface area contributed by atoms with Gasteiger partial charge in [0, 0.05) is 19.7 Å². The molecule has 0 heterocycles. The lowest BCUT2D eigenvalue weighted by atomic mass is 10.2. The third-order valence-electron chi connectivity index (χ3n) is 2.26. The van der Waals surface area contributed by atoms with E-state index < -0.39 is 17.8 Å². The van der Waals surface area contributed by atoms with Crippen LogP contribution in [0.15, 0.2) is 18.2 Å². The highest BCUT2D eigenvalue weighted by Gasteiger charge is 2.17. The summed E-state index contributed by atoms with van der Waals surface area (Å²) in [7, 11) is 2.66. The van der Waals surface area contributed by atoms with Crippen LogP contribution in [0.3, 0.4) is 0 Å². The molecule has 0 aliphatic rings. The van der Waals surface area contributed by atoms with Gasteiger partial charge in [0.25, 0.3) is 5.91 Å². The first kappa shape index (κ1) is 14.9. The van der Waals surface area contributed by atoms with Crippen LogP contribution in [-0.2, 0) is 4.84 Å². The molecule has 1 aromatic rings. The molecule has 0 atom stereocenters. The molecular weight excluding hydrogens is 255 g/mol. The number of hydrogen-bond acceptors (Lipinski definition) is 4. The van der Waals surface area contributed by atoms with Crippen LogP contribution in [0.4, 0.5) is 9.18 Å². The van der Waals surface area contributed by atoms with Crippen molar-refractivity contribution >= 4 is 12.0 Å². The fraction of sp³-hybridized carbons (Fsp3) is 0.333. The molecule has 0 saturated heterocycles. The first-order valence-electron chi connectivity index (χ1n) is 5.57. The van der Waals surface area contributed by atoms with E-state index in [1.807, 2.05) is 0 Å². The normalized spacial score (nSPS) is 9.89. The van der Waals surface area contributed by atoms with Crippen LogP contribution in [0.1, 0.15) is 17.3 Å². The fourth-order valence-electron chi connectivity index (χ4n) is 1.27. The number of halogens is 1. The number of rotatable bonds is 4. The van der Waals surface area contributed by atoms with Crippen molar-refractivity contribution in [1.82, 2.24) is 10.4 Å². The van der Waals surface area contributed by atoms with E-state index in [4.69, 9.17) is 4.74 Å². The van der Waals surface area contributed by atoms with Crippen LogP contribution in [0.5, 0.6) is 5.75 Å². The summed E-state index contributed by atoms with van der Waals surface area (Å²) in [5.41, 5.74) is -0.174. The third kappa shape index (κ3) is 3.92. The molecule has 0 fully saturated rings. The zero-order valence-corrected chi connectivity index (χ0v) is 10.9. The number of carbonyl (C=O) groups is 2. The highest BCUT2D eigenvalue weighted by molar-refractivity contribution is 5.93. The molecule has 6 nitrogen and oxygen atoms in total. The molecule has 1 aromatic carbocycles. The van der Waals surface area contributed by atoms with Gasteiger partial charge in [-0.05, 0) is 19.1 Å². The molecule has 19 heavy (non-hydrogen) atoms. The van der Waals surface area contributed by atoms with E-state index >= 15 is 0 Å². The average Bonchev–Trinajstić information content (AvgIpc) is 2.37. The number of nitrogens with one attached hydrogen (secondary N) is 1. The van der Waals surface area contributed by atoms with Crippen molar-refractivity contribution in [2.45, 2.75) is 6.92 Å². The largest absolute Gasteiger partial charge is 0.412 e. The van der Waals surface area contributed by atoms with Crippen molar-refractivity contribution in [2.75, 3.05) is 20.7 Å². The Morgan fingerprint density at radius 1 is 1.42 bits per heavy atom. The second-order valence-corrected chi connectivity index (χ2v) is 3.55. The van der Waals surface area contributed by atoms with Crippen molar-refractivity contribution in [3.05, 3.63) is 29.6 Å². The maximum absolute atomic E-state index is 13.7. The lowest BCUT2D eigenvalue weighted by molar-refractivity contribution is -0.0759. The molecule has 0 unspecified atom stereocenters. The molecule has 104 valence electrons. The summed E-state index contributed by atoms with van der Waals surface area (Å²) < 4.78 is 18.5. The third-order valence-corrected chi connectivity index (χ3v) is 2.26. The van der Waals surface area contributed by atoms with Crippen LogP contribution in [0.25, 0.3) is 0 Å². The molecule has 0 saturated carbocycles. The highest BCUT2D eigenvalue weighted by atomic mass is 19.1. The first-order chi connectivity index (χ1) is 8.99. The van der Waals surface area contributed by atoms with Gasteiger partial charge in [-0.3, -0.25) is 9.63 Å². The van der Waals surface area contributed by atoms with Crippen LogP contribution >= 0.6 is 0 Å². The van der Waals surface area contributed by atoms with Gasteiger partial charge in [-0.1, -0.05) is 0 Å². The number of ether oxygens (including phenoxy) is 1. The Bertz CT molecular complexity index is 479. The Hall–Kier alpha value is -2.15. The van der Waals surface area contributed by atoms with Crippen molar-refractivity contribution < 1.29 is 23.6 Å². The zero-order valence-electron chi connectivity index (χ0n) is 10.9. The summed E-state index contributed by atoms with van der Waals surface area (Å²) >= 11 is 0. The van der Waals surface area contributed by atoms with Gasteiger partial charge in [-0.25, -0.2) is 14.2 Å². The topological polar surface area (TPSA) is 67.9 Å². The zero-order chi connectivity index (χ0) is 14.4. The van der Waals surface area contributed by atoms with E-state index in [0.717, 1.165) is 11.1 Å². The van der Waals surface area contributed by atoms with E-state index in [2.05, 4.69) is 10.2 Å². The Morgan fingerprint density at radius 2 is 2.11 bits per heavy atom. The predicted molar refractivity (Wildman–Crippen MR) is 65.2 cm³/mol. The smallest absolute Gasteiger partial charge is 0.410 e. The molecule has 1 N–H and O–H groups in total. The lowest BCUT2D eigenvalue weighted by Gasteiger charge is -2.14. The number of benzene rings is 1. The van der Waals surface area contributed by atoms with E-state index in [0.29, 0.717) is 6.54 Å². The summed E-state index contributed by atoms with van der Waals surface area (Å²) in [4.78, 5) is 27.5.